The second-order valence-electron chi connectivity index (χ2n) is 12.0. The first kappa shape index (κ1) is 32.2. The molecule has 0 fully saturated rings. The second-order valence-corrected chi connectivity index (χ2v) is 16.3. The summed E-state index contributed by atoms with van der Waals surface area (Å²) in [6.45, 7) is 13.5. The zero-order valence-electron chi connectivity index (χ0n) is 24.5. The average Bonchev–Trinajstić information content (AvgIpc) is 2.85. The number of nitrogens with one attached hydrogen (secondary N) is 1. The number of carbonyl (C=O) groups is 3. The van der Waals surface area contributed by atoms with Gasteiger partial charge in [0.2, 0.25) is 0 Å². The summed E-state index contributed by atoms with van der Waals surface area (Å²) >= 11 is 0. The van der Waals surface area contributed by atoms with Gasteiger partial charge in [-0.15, -0.1) is 0 Å². The van der Waals surface area contributed by atoms with Gasteiger partial charge in [-0.05, 0) is 55.9 Å². The van der Waals surface area contributed by atoms with Crippen LogP contribution >= 0.6 is 0 Å². The summed E-state index contributed by atoms with van der Waals surface area (Å²) in [5.41, 5.74) is -0.708. The molecule has 0 saturated carbocycles. The van der Waals surface area contributed by atoms with Gasteiger partial charge in [0, 0.05) is 6.42 Å². The molecular formula is C31H45NO6Si. The third kappa shape index (κ3) is 9.32. The standard InChI is InChI=1S/C31H45NO6Si/c1-23(27(33)22-16-10-15-21-26(28(34)35)32-29(36)37-30(2,3)4)38-39(31(5,6)7,24-17-11-8-12-18-24)25-19-13-9-14-20-25/h8-9,11-14,17-20,23,26H,10,15-16,21-22H2,1-7H3,(H,32,36)(H,34,35)/t23-,26+/m1/s1. The number of ether oxygens (including phenoxy) is 1. The van der Waals surface area contributed by atoms with Gasteiger partial charge >= 0.3 is 12.1 Å². The van der Waals surface area contributed by atoms with E-state index in [2.05, 4.69) is 50.4 Å². The number of amides is 1. The zero-order chi connectivity index (χ0) is 29.3. The molecule has 214 valence electrons. The van der Waals surface area contributed by atoms with Crippen LogP contribution in [0.25, 0.3) is 0 Å². The Morgan fingerprint density at radius 1 is 0.846 bits per heavy atom. The number of Topliss-reactive ketones (excluding diaryl/α,β-unsaturated/α-hetero) is 1. The number of hydrogen-bond donors (Lipinski definition) is 2. The van der Waals surface area contributed by atoms with Crippen LogP contribution in [0, 0.1) is 0 Å². The Hall–Kier alpha value is -2.97. The van der Waals surface area contributed by atoms with Crippen LogP contribution in [0.15, 0.2) is 60.7 Å². The Morgan fingerprint density at radius 3 is 1.79 bits per heavy atom. The highest BCUT2D eigenvalue weighted by Crippen LogP contribution is 2.37. The Bertz CT molecular complexity index is 1040. The van der Waals surface area contributed by atoms with Crippen molar-refractivity contribution in [2.45, 2.75) is 103 Å². The summed E-state index contributed by atoms with van der Waals surface area (Å²) in [6, 6.07) is 19.4. The van der Waals surface area contributed by atoms with Gasteiger partial charge in [-0.3, -0.25) is 4.79 Å². The summed E-state index contributed by atoms with van der Waals surface area (Å²) in [4.78, 5) is 36.8. The van der Waals surface area contributed by atoms with Crippen LogP contribution in [0.3, 0.4) is 0 Å². The van der Waals surface area contributed by atoms with E-state index in [0.717, 1.165) is 10.4 Å². The van der Waals surface area contributed by atoms with Gasteiger partial charge in [0.1, 0.15) is 17.7 Å². The molecule has 2 aromatic carbocycles. The zero-order valence-corrected chi connectivity index (χ0v) is 25.5. The van der Waals surface area contributed by atoms with Crippen molar-refractivity contribution in [1.29, 1.82) is 0 Å². The summed E-state index contributed by atoms with van der Waals surface area (Å²) in [5.74, 6) is -1.08. The first-order valence-electron chi connectivity index (χ1n) is 13.7. The highest BCUT2D eigenvalue weighted by atomic mass is 28.4. The third-order valence-electron chi connectivity index (χ3n) is 6.63. The number of ketones is 1. The highest BCUT2D eigenvalue weighted by Gasteiger charge is 2.51. The summed E-state index contributed by atoms with van der Waals surface area (Å²) in [6.07, 6.45) is 1.11. The van der Waals surface area contributed by atoms with Gasteiger partial charge < -0.3 is 19.6 Å². The molecule has 0 aliphatic heterocycles. The molecule has 2 N–H and O–H groups in total. The van der Waals surface area contributed by atoms with E-state index in [1.807, 2.05) is 43.3 Å². The van der Waals surface area contributed by atoms with Gasteiger partial charge in [-0.1, -0.05) is 94.3 Å². The van der Waals surface area contributed by atoms with Crippen LogP contribution in [0.2, 0.25) is 5.04 Å². The summed E-state index contributed by atoms with van der Waals surface area (Å²) in [5, 5.41) is 13.9. The molecule has 2 aromatic rings. The van der Waals surface area contributed by atoms with E-state index in [1.165, 1.54) is 0 Å². The molecule has 0 aliphatic rings. The maximum Gasteiger partial charge on any atom is 0.408 e. The predicted molar refractivity (Wildman–Crippen MR) is 157 cm³/mol. The molecule has 0 saturated heterocycles. The van der Waals surface area contributed by atoms with E-state index < -0.39 is 38.1 Å². The Morgan fingerprint density at radius 2 is 1.36 bits per heavy atom. The van der Waals surface area contributed by atoms with Gasteiger partial charge in [0.15, 0.2) is 5.78 Å². The maximum absolute atomic E-state index is 13.2. The first-order chi connectivity index (χ1) is 18.2. The molecule has 0 spiro atoms. The number of alkyl carbamates (subject to hydrolysis) is 1. The molecule has 0 aromatic heterocycles. The summed E-state index contributed by atoms with van der Waals surface area (Å²) < 4.78 is 12.1. The molecule has 2 rings (SSSR count). The van der Waals surface area contributed by atoms with Gasteiger partial charge in [0.05, 0.1) is 0 Å². The van der Waals surface area contributed by atoms with E-state index in [1.54, 1.807) is 20.8 Å². The fraction of sp³-hybridized carbons (Fsp3) is 0.516. The molecule has 0 radical (unpaired) electrons. The number of carboxylic acids is 1. The lowest BCUT2D eigenvalue weighted by Crippen LogP contribution is -2.68. The van der Waals surface area contributed by atoms with Crippen LogP contribution in [0.4, 0.5) is 4.79 Å². The number of carboxylic acid groups (broad SMARTS) is 1. The third-order valence-corrected chi connectivity index (χ3v) is 11.7. The first-order valence-corrected chi connectivity index (χ1v) is 15.6. The molecule has 1 amide bonds. The fourth-order valence-electron chi connectivity index (χ4n) is 4.76. The normalized spacial score (nSPS) is 13.8. The molecule has 2 atom stereocenters. The molecule has 0 aliphatic carbocycles. The molecular weight excluding hydrogens is 510 g/mol. The number of rotatable bonds is 13. The van der Waals surface area contributed by atoms with Gasteiger partial charge in [-0.25, -0.2) is 9.59 Å². The average molecular weight is 556 g/mol. The minimum Gasteiger partial charge on any atom is -0.480 e. The highest BCUT2D eigenvalue weighted by molar-refractivity contribution is 6.99. The van der Waals surface area contributed by atoms with Crippen LogP contribution in [-0.2, 0) is 18.8 Å². The van der Waals surface area contributed by atoms with Crippen molar-refractivity contribution < 1.29 is 28.7 Å². The van der Waals surface area contributed by atoms with Crippen molar-refractivity contribution in [1.82, 2.24) is 5.32 Å². The van der Waals surface area contributed by atoms with Gasteiger partial charge in [-0.2, -0.15) is 0 Å². The van der Waals surface area contributed by atoms with Crippen molar-refractivity contribution in [2.75, 3.05) is 0 Å². The number of hydrogen-bond acceptors (Lipinski definition) is 5. The summed E-state index contributed by atoms with van der Waals surface area (Å²) in [7, 11) is -2.83. The quantitative estimate of drug-likeness (QED) is 0.252. The van der Waals surface area contributed by atoms with E-state index in [-0.39, 0.29) is 17.2 Å². The Balaban J connectivity index is 2.02. The van der Waals surface area contributed by atoms with Crippen LogP contribution in [0.1, 0.15) is 80.6 Å². The largest absolute Gasteiger partial charge is 0.480 e. The van der Waals surface area contributed by atoms with Crippen molar-refractivity contribution in [2.24, 2.45) is 0 Å². The number of carbonyl (C=O) groups excluding carboxylic acids is 2. The van der Waals surface area contributed by atoms with E-state index in [9.17, 15) is 19.5 Å². The maximum atomic E-state index is 13.2. The van der Waals surface area contributed by atoms with Crippen LogP contribution < -0.4 is 15.7 Å². The molecule has 0 unspecified atom stereocenters. The van der Waals surface area contributed by atoms with Crippen LogP contribution in [0.5, 0.6) is 0 Å². The van der Waals surface area contributed by atoms with Gasteiger partial charge in [0.25, 0.3) is 8.32 Å². The lowest BCUT2D eigenvalue weighted by Gasteiger charge is -2.44. The fourth-order valence-corrected chi connectivity index (χ4v) is 9.43. The number of aliphatic carboxylic acids is 1. The Labute approximate surface area is 234 Å². The lowest BCUT2D eigenvalue weighted by atomic mass is 10.0. The van der Waals surface area contributed by atoms with E-state index in [0.29, 0.717) is 25.7 Å². The minimum absolute atomic E-state index is 0.0321. The Kier molecular flexibility index (Phi) is 11.5. The molecule has 7 nitrogen and oxygen atoms in total. The lowest BCUT2D eigenvalue weighted by molar-refractivity contribution is -0.139. The second kappa shape index (κ2) is 13.9. The van der Waals surface area contributed by atoms with E-state index in [4.69, 9.17) is 9.16 Å². The smallest absolute Gasteiger partial charge is 0.408 e. The molecule has 39 heavy (non-hydrogen) atoms. The molecule has 0 heterocycles. The van der Waals surface area contributed by atoms with Crippen molar-refractivity contribution >= 4 is 36.5 Å². The monoisotopic (exact) mass is 555 g/mol. The molecule has 0 bridgehead atoms. The SMILES string of the molecule is C[C@@H](O[Si](c1ccccc1)(c1ccccc1)C(C)(C)C)C(=O)CCCCC[C@H](NC(=O)OC(C)(C)C)C(=O)O. The predicted octanol–water partition coefficient (Wildman–Crippen LogP) is 5.45. The van der Waals surface area contributed by atoms with Crippen LogP contribution in [-0.4, -0.2) is 49.0 Å². The van der Waals surface area contributed by atoms with Crippen molar-refractivity contribution in [3.8, 4) is 0 Å². The minimum atomic E-state index is -2.83. The van der Waals surface area contributed by atoms with E-state index >= 15 is 0 Å². The molecule has 8 heteroatoms. The van der Waals surface area contributed by atoms with Crippen molar-refractivity contribution in [3.05, 3.63) is 60.7 Å². The number of benzene rings is 2. The van der Waals surface area contributed by atoms with Crippen molar-refractivity contribution in [3.63, 3.8) is 0 Å². The topological polar surface area (TPSA) is 102 Å². The number of unbranched alkanes of at least 4 members (excludes halogenated alkanes) is 2.